The van der Waals surface area contributed by atoms with Gasteiger partial charge in [-0.05, 0) is 55.2 Å². The first-order valence-corrected chi connectivity index (χ1v) is 8.86. The van der Waals surface area contributed by atoms with Crippen molar-refractivity contribution in [2.45, 2.75) is 58.4 Å². The van der Waals surface area contributed by atoms with Crippen LogP contribution in [-0.4, -0.2) is 19.6 Å². The fourth-order valence-corrected chi connectivity index (χ4v) is 4.05. The lowest BCUT2D eigenvalue weighted by Crippen LogP contribution is -2.31. The van der Waals surface area contributed by atoms with E-state index in [-0.39, 0.29) is 0 Å². The molecule has 116 valence electrons. The van der Waals surface area contributed by atoms with E-state index in [0.29, 0.717) is 5.41 Å². The van der Waals surface area contributed by atoms with Gasteiger partial charge in [0.05, 0.1) is 0 Å². The summed E-state index contributed by atoms with van der Waals surface area (Å²) in [6, 6.07) is 9.20. The molecular formula is C19H30N2. The second kappa shape index (κ2) is 6.83. The predicted molar refractivity (Wildman–Crippen MR) is 90.8 cm³/mol. The van der Waals surface area contributed by atoms with Gasteiger partial charge in [-0.3, -0.25) is 0 Å². The van der Waals surface area contributed by atoms with Crippen LogP contribution in [0.4, 0.5) is 5.69 Å². The summed E-state index contributed by atoms with van der Waals surface area (Å²) in [5.41, 5.74) is 3.41. The maximum Gasteiger partial charge on any atom is 0.0366 e. The topological polar surface area (TPSA) is 15.3 Å². The average Bonchev–Trinajstić information content (AvgIpc) is 3.20. The van der Waals surface area contributed by atoms with Gasteiger partial charge in [-0.15, -0.1) is 0 Å². The first-order chi connectivity index (χ1) is 10.3. The van der Waals surface area contributed by atoms with Crippen molar-refractivity contribution in [2.75, 3.05) is 24.5 Å². The van der Waals surface area contributed by atoms with E-state index in [0.717, 1.165) is 6.54 Å². The molecule has 0 bridgehead atoms. The first kappa shape index (κ1) is 14.9. The Labute approximate surface area is 129 Å². The fourth-order valence-electron chi connectivity index (χ4n) is 4.05. The van der Waals surface area contributed by atoms with Crippen LogP contribution >= 0.6 is 0 Å². The highest BCUT2D eigenvalue weighted by atomic mass is 15.1. The minimum absolute atomic E-state index is 0.593. The Balaban J connectivity index is 1.49. The van der Waals surface area contributed by atoms with Crippen molar-refractivity contribution in [3.05, 3.63) is 29.8 Å². The summed E-state index contributed by atoms with van der Waals surface area (Å²) in [6.45, 7) is 7.03. The molecule has 1 heterocycles. The SMILES string of the molecule is CCC1(CNCc2ccc(N3CCCC3)cc2)CCCC1. The zero-order valence-corrected chi connectivity index (χ0v) is 13.5. The monoisotopic (exact) mass is 286 g/mol. The number of anilines is 1. The highest BCUT2D eigenvalue weighted by Gasteiger charge is 2.31. The quantitative estimate of drug-likeness (QED) is 0.836. The lowest BCUT2D eigenvalue weighted by Gasteiger charge is -2.28. The molecule has 1 aromatic carbocycles. The molecular weight excluding hydrogens is 256 g/mol. The van der Waals surface area contributed by atoms with Crippen LogP contribution in [0, 0.1) is 5.41 Å². The molecule has 1 saturated carbocycles. The van der Waals surface area contributed by atoms with E-state index < -0.39 is 0 Å². The first-order valence-electron chi connectivity index (χ1n) is 8.86. The summed E-state index contributed by atoms with van der Waals surface area (Å²) in [6.07, 6.45) is 9.73. The second-order valence-corrected chi connectivity index (χ2v) is 7.02. The van der Waals surface area contributed by atoms with Gasteiger partial charge in [0.15, 0.2) is 0 Å². The second-order valence-electron chi connectivity index (χ2n) is 7.02. The summed E-state index contributed by atoms with van der Waals surface area (Å²) >= 11 is 0. The Bertz CT molecular complexity index is 425. The smallest absolute Gasteiger partial charge is 0.0366 e. The summed E-state index contributed by atoms with van der Waals surface area (Å²) < 4.78 is 0. The molecule has 2 nitrogen and oxygen atoms in total. The molecule has 0 spiro atoms. The van der Waals surface area contributed by atoms with Crippen molar-refractivity contribution in [2.24, 2.45) is 5.41 Å². The summed E-state index contributed by atoms with van der Waals surface area (Å²) in [7, 11) is 0. The van der Waals surface area contributed by atoms with Crippen molar-refractivity contribution in [3.63, 3.8) is 0 Å². The fraction of sp³-hybridized carbons (Fsp3) is 0.684. The van der Waals surface area contributed by atoms with E-state index >= 15 is 0 Å². The number of rotatable bonds is 6. The maximum absolute atomic E-state index is 3.71. The molecule has 2 heteroatoms. The zero-order valence-electron chi connectivity index (χ0n) is 13.5. The van der Waals surface area contributed by atoms with E-state index in [9.17, 15) is 0 Å². The highest BCUT2D eigenvalue weighted by molar-refractivity contribution is 5.48. The van der Waals surface area contributed by atoms with E-state index in [1.54, 1.807) is 0 Å². The molecule has 0 radical (unpaired) electrons. The molecule has 1 aliphatic carbocycles. The lowest BCUT2D eigenvalue weighted by molar-refractivity contribution is 0.268. The van der Waals surface area contributed by atoms with Crippen LogP contribution in [0.25, 0.3) is 0 Å². The van der Waals surface area contributed by atoms with Crippen molar-refractivity contribution in [1.29, 1.82) is 0 Å². The highest BCUT2D eigenvalue weighted by Crippen LogP contribution is 2.40. The third-order valence-corrected chi connectivity index (χ3v) is 5.65. The van der Waals surface area contributed by atoms with Crippen molar-refractivity contribution in [1.82, 2.24) is 5.32 Å². The molecule has 0 unspecified atom stereocenters. The average molecular weight is 286 g/mol. The van der Waals surface area contributed by atoms with E-state index in [2.05, 4.69) is 41.4 Å². The van der Waals surface area contributed by atoms with Crippen molar-refractivity contribution < 1.29 is 0 Å². The summed E-state index contributed by atoms with van der Waals surface area (Å²) in [5.74, 6) is 0. The van der Waals surface area contributed by atoms with E-state index in [1.807, 2.05) is 0 Å². The molecule has 2 aliphatic rings. The third-order valence-electron chi connectivity index (χ3n) is 5.65. The molecule has 0 aromatic heterocycles. The molecule has 2 fully saturated rings. The Hall–Kier alpha value is -1.02. The van der Waals surface area contributed by atoms with Crippen molar-refractivity contribution in [3.8, 4) is 0 Å². The van der Waals surface area contributed by atoms with E-state index in [1.165, 1.54) is 75.8 Å². The number of nitrogens with one attached hydrogen (secondary N) is 1. The number of hydrogen-bond acceptors (Lipinski definition) is 2. The van der Waals surface area contributed by atoms with Gasteiger partial charge in [-0.2, -0.15) is 0 Å². The molecule has 0 amide bonds. The number of hydrogen-bond donors (Lipinski definition) is 1. The van der Waals surface area contributed by atoms with Gasteiger partial charge < -0.3 is 10.2 Å². The standard InChI is InChI=1S/C19H30N2/c1-2-19(11-3-4-12-19)16-20-15-17-7-9-18(10-8-17)21-13-5-6-14-21/h7-10,20H,2-6,11-16H2,1H3. The summed E-state index contributed by atoms with van der Waals surface area (Å²) in [5, 5.41) is 3.71. The van der Waals surface area contributed by atoms with Gasteiger partial charge >= 0.3 is 0 Å². The maximum atomic E-state index is 3.71. The van der Waals surface area contributed by atoms with Crippen molar-refractivity contribution >= 4 is 5.69 Å². The molecule has 1 aromatic rings. The minimum Gasteiger partial charge on any atom is -0.372 e. The Kier molecular flexibility index (Phi) is 4.84. The van der Waals surface area contributed by atoms with E-state index in [4.69, 9.17) is 0 Å². The summed E-state index contributed by atoms with van der Waals surface area (Å²) in [4.78, 5) is 2.50. The van der Waals surface area contributed by atoms with Crippen LogP contribution in [0.15, 0.2) is 24.3 Å². The van der Waals surface area contributed by atoms with Crippen LogP contribution in [0.1, 0.15) is 57.4 Å². The van der Waals surface area contributed by atoms with Gasteiger partial charge in [0, 0.05) is 31.9 Å². The van der Waals surface area contributed by atoms with Gasteiger partial charge in [0.25, 0.3) is 0 Å². The van der Waals surface area contributed by atoms with Gasteiger partial charge in [-0.1, -0.05) is 31.9 Å². The van der Waals surface area contributed by atoms with Gasteiger partial charge in [-0.25, -0.2) is 0 Å². The lowest BCUT2D eigenvalue weighted by atomic mass is 9.83. The predicted octanol–water partition coefficient (Wildman–Crippen LogP) is 4.35. The Morgan fingerprint density at radius 1 is 1.00 bits per heavy atom. The number of nitrogens with zero attached hydrogens (tertiary/aromatic N) is 1. The third kappa shape index (κ3) is 3.60. The van der Waals surface area contributed by atoms with Crippen LogP contribution in [0.2, 0.25) is 0 Å². The minimum atomic E-state index is 0.593. The molecule has 0 atom stereocenters. The van der Waals surface area contributed by atoms with Crippen LogP contribution in [-0.2, 0) is 6.54 Å². The van der Waals surface area contributed by atoms with Gasteiger partial charge in [0.2, 0.25) is 0 Å². The molecule has 3 rings (SSSR count). The molecule has 1 N–H and O–H groups in total. The Morgan fingerprint density at radius 3 is 2.29 bits per heavy atom. The normalized spacial score (nSPS) is 21.1. The number of benzene rings is 1. The van der Waals surface area contributed by atoms with Crippen LogP contribution in [0.3, 0.4) is 0 Å². The Morgan fingerprint density at radius 2 is 1.67 bits per heavy atom. The van der Waals surface area contributed by atoms with Crippen LogP contribution < -0.4 is 10.2 Å². The zero-order chi connectivity index (χ0) is 14.5. The molecule has 1 saturated heterocycles. The van der Waals surface area contributed by atoms with Gasteiger partial charge in [0.1, 0.15) is 0 Å². The molecule has 21 heavy (non-hydrogen) atoms. The molecule has 1 aliphatic heterocycles. The largest absolute Gasteiger partial charge is 0.372 e. The van der Waals surface area contributed by atoms with Crippen LogP contribution in [0.5, 0.6) is 0 Å².